The molecule has 6 heteroatoms. The van der Waals surface area contributed by atoms with Crippen LogP contribution in [0.15, 0.2) is 54.9 Å². The number of nitrogens with zero attached hydrogens (tertiary/aromatic N) is 3. The minimum absolute atomic E-state index is 0.0470. The summed E-state index contributed by atoms with van der Waals surface area (Å²) in [5.41, 5.74) is 1.73. The highest BCUT2D eigenvalue weighted by molar-refractivity contribution is 6.31. The maximum Gasteiger partial charge on any atom is 0.324 e. The molecule has 0 spiro atoms. The second kappa shape index (κ2) is 6.54. The lowest BCUT2D eigenvalue weighted by molar-refractivity contribution is 0.219. The first-order chi connectivity index (χ1) is 12.1. The van der Waals surface area contributed by atoms with Crippen LogP contribution >= 0.6 is 23.2 Å². The Hall–Kier alpha value is -2.30. The van der Waals surface area contributed by atoms with Crippen molar-refractivity contribution in [1.29, 1.82) is 0 Å². The second-order valence-electron chi connectivity index (χ2n) is 5.97. The summed E-state index contributed by atoms with van der Waals surface area (Å²) < 4.78 is 0. The van der Waals surface area contributed by atoms with Crippen LogP contribution in [0, 0.1) is 0 Å². The molecule has 0 radical (unpaired) electrons. The van der Waals surface area contributed by atoms with Gasteiger partial charge in [-0.2, -0.15) is 0 Å². The van der Waals surface area contributed by atoms with Gasteiger partial charge in [-0.3, -0.25) is 9.88 Å². The van der Waals surface area contributed by atoms with Crippen molar-refractivity contribution >= 4 is 45.7 Å². The Morgan fingerprint density at radius 3 is 2.72 bits per heavy atom. The summed E-state index contributed by atoms with van der Waals surface area (Å²) in [5, 5.41) is 3.20. The number of urea groups is 1. The molecule has 2 aromatic carbocycles. The molecule has 0 saturated carbocycles. The Labute approximate surface area is 155 Å². The van der Waals surface area contributed by atoms with Crippen LogP contribution in [0.5, 0.6) is 0 Å². The van der Waals surface area contributed by atoms with E-state index in [0.29, 0.717) is 29.7 Å². The number of aromatic nitrogens is 1. The zero-order valence-corrected chi connectivity index (χ0v) is 14.8. The molecule has 1 aliphatic heterocycles. The van der Waals surface area contributed by atoms with Gasteiger partial charge in [0, 0.05) is 46.6 Å². The van der Waals surface area contributed by atoms with Gasteiger partial charge < -0.3 is 4.90 Å². The molecule has 0 aliphatic carbocycles. The summed E-state index contributed by atoms with van der Waals surface area (Å²) >= 11 is 12.4. The van der Waals surface area contributed by atoms with Crippen LogP contribution in [0.25, 0.3) is 10.8 Å². The van der Waals surface area contributed by atoms with Gasteiger partial charge in [0.15, 0.2) is 0 Å². The summed E-state index contributed by atoms with van der Waals surface area (Å²) in [7, 11) is 0. The van der Waals surface area contributed by atoms with Crippen LogP contribution in [0.4, 0.5) is 10.5 Å². The standard InChI is InChI=1S/C19H15Cl2N3O/c20-15-6-5-13-10-22-11-18(16(13)9-15)24-8-7-23(19(24)25)12-14-3-1-2-4-17(14)21/h1-6,9-11H,7-8,12H2. The zero-order chi connectivity index (χ0) is 17.4. The number of amides is 2. The van der Waals surface area contributed by atoms with Gasteiger partial charge in [-0.1, -0.05) is 47.5 Å². The van der Waals surface area contributed by atoms with E-state index in [1.807, 2.05) is 42.5 Å². The first kappa shape index (κ1) is 16.2. The number of anilines is 1. The van der Waals surface area contributed by atoms with Crippen molar-refractivity contribution in [3.8, 4) is 0 Å². The lowest BCUT2D eigenvalue weighted by Gasteiger charge is -2.20. The van der Waals surface area contributed by atoms with Crippen molar-refractivity contribution in [1.82, 2.24) is 9.88 Å². The molecule has 1 fully saturated rings. The highest BCUT2D eigenvalue weighted by atomic mass is 35.5. The largest absolute Gasteiger partial charge is 0.324 e. The number of rotatable bonds is 3. The molecule has 2 amide bonds. The van der Waals surface area contributed by atoms with E-state index in [1.165, 1.54) is 0 Å². The summed E-state index contributed by atoms with van der Waals surface area (Å²) in [6, 6.07) is 13.2. The Morgan fingerprint density at radius 2 is 1.88 bits per heavy atom. The third kappa shape index (κ3) is 3.03. The molecule has 0 N–H and O–H groups in total. The van der Waals surface area contributed by atoms with Crippen molar-refractivity contribution in [3.63, 3.8) is 0 Å². The average molecular weight is 372 g/mol. The maximum atomic E-state index is 12.9. The van der Waals surface area contributed by atoms with Gasteiger partial charge in [0.25, 0.3) is 0 Å². The van der Waals surface area contributed by atoms with Crippen molar-refractivity contribution in [2.24, 2.45) is 0 Å². The minimum Gasteiger partial charge on any atom is -0.318 e. The van der Waals surface area contributed by atoms with Gasteiger partial charge in [0.05, 0.1) is 11.9 Å². The fraction of sp³-hybridized carbons (Fsp3) is 0.158. The number of halogens is 2. The van der Waals surface area contributed by atoms with E-state index in [9.17, 15) is 4.79 Å². The first-order valence-electron chi connectivity index (χ1n) is 7.96. The summed E-state index contributed by atoms with van der Waals surface area (Å²) in [5.74, 6) is 0. The smallest absolute Gasteiger partial charge is 0.318 e. The number of pyridine rings is 1. The molecule has 4 rings (SSSR count). The van der Waals surface area contributed by atoms with Gasteiger partial charge in [-0.15, -0.1) is 0 Å². The van der Waals surface area contributed by atoms with Gasteiger partial charge >= 0.3 is 6.03 Å². The van der Waals surface area contributed by atoms with E-state index in [1.54, 1.807) is 22.2 Å². The van der Waals surface area contributed by atoms with Gasteiger partial charge in [-0.05, 0) is 23.8 Å². The second-order valence-corrected chi connectivity index (χ2v) is 6.81. The first-order valence-corrected chi connectivity index (χ1v) is 8.72. The summed E-state index contributed by atoms with van der Waals surface area (Å²) in [6.45, 7) is 1.74. The average Bonchev–Trinajstić information content (AvgIpc) is 2.97. The van der Waals surface area contributed by atoms with Gasteiger partial charge in [0.1, 0.15) is 0 Å². The molecule has 1 saturated heterocycles. The van der Waals surface area contributed by atoms with Crippen molar-refractivity contribution < 1.29 is 4.79 Å². The van der Waals surface area contributed by atoms with Crippen molar-refractivity contribution in [2.45, 2.75) is 6.54 Å². The van der Waals surface area contributed by atoms with E-state index in [2.05, 4.69) is 4.98 Å². The molecule has 25 heavy (non-hydrogen) atoms. The van der Waals surface area contributed by atoms with Gasteiger partial charge in [0.2, 0.25) is 0 Å². The molecule has 0 unspecified atom stereocenters. The molecule has 4 nitrogen and oxygen atoms in total. The van der Waals surface area contributed by atoms with Crippen LogP contribution < -0.4 is 4.90 Å². The Bertz CT molecular complexity index is 960. The minimum atomic E-state index is -0.0470. The normalized spacial score (nSPS) is 14.6. The molecule has 1 aliphatic rings. The fourth-order valence-corrected chi connectivity index (χ4v) is 3.49. The van der Waals surface area contributed by atoms with E-state index < -0.39 is 0 Å². The molecule has 3 aromatic rings. The predicted molar refractivity (Wildman–Crippen MR) is 101 cm³/mol. The maximum absolute atomic E-state index is 12.9. The predicted octanol–water partition coefficient (Wildman–Crippen LogP) is 4.98. The van der Waals surface area contributed by atoms with Crippen LogP contribution in [0.1, 0.15) is 5.56 Å². The number of fused-ring (bicyclic) bond motifs is 1. The van der Waals surface area contributed by atoms with E-state index in [4.69, 9.17) is 23.2 Å². The highest BCUT2D eigenvalue weighted by Crippen LogP contribution is 2.31. The molecule has 0 bridgehead atoms. The number of carbonyl (C=O) groups is 1. The number of hydrogen-bond donors (Lipinski definition) is 0. The molecule has 0 atom stereocenters. The highest BCUT2D eigenvalue weighted by Gasteiger charge is 2.31. The molecular formula is C19H15Cl2N3O. The number of carbonyl (C=O) groups excluding carboxylic acids is 1. The molecule has 2 heterocycles. The monoisotopic (exact) mass is 371 g/mol. The zero-order valence-electron chi connectivity index (χ0n) is 13.3. The van der Waals surface area contributed by atoms with Crippen molar-refractivity contribution in [2.75, 3.05) is 18.0 Å². The van der Waals surface area contributed by atoms with Crippen molar-refractivity contribution in [3.05, 3.63) is 70.5 Å². The lowest BCUT2D eigenvalue weighted by atomic mass is 10.1. The quantitative estimate of drug-likeness (QED) is 0.650. The third-order valence-corrected chi connectivity index (χ3v) is 5.01. The van der Waals surface area contributed by atoms with Crippen LogP contribution in [-0.2, 0) is 6.54 Å². The lowest BCUT2D eigenvalue weighted by Crippen LogP contribution is -2.31. The van der Waals surface area contributed by atoms with Gasteiger partial charge in [-0.25, -0.2) is 4.79 Å². The Balaban J connectivity index is 1.64. The molecule has 1 aromatic heterocycles. The van der Waals surface area contributed by atoms with Crippen LogP contribution in [0.2, 0.25) is 10.0 Å². The number of benzene rings is 2. The third-order valence-electron chi connectivity index (χ3n) is 4.41. The Morgan fingerprint density at radius 1 is 1.04 bits per heavy atom. The van der Waals surface area contributed by atoms with E-state index in [-0.39, 0.29) is 6.03 Å². The fourth-order valence-electron chi connectivity index (χ4n) is 3.12. The SMILES string of the molecule is O=C1N(Cc2ccccc2Cl)CCN1c1cncc2ccc(Cl)cc12. The van der Waals surface area contributed by atoms with E-state index in [0.717, 1.165) is 22.0 Å². The topological polar surface area (TPSA) is 36.4 Å². The van der Waals surface area contributed by atoms with Crippen LogP contribution in [-0.4, -0.2) is 29.0 Å². The summed E-state index contributed by atoms with van der Waals surface area (Å²) in [4.78, 5) is 20.7. The summed E-state index contributed by atoms with van der Waals surface area (Å²) in [6.07, 6.45) is 3.49. The molecular weight excluding hydrogens is 357 g/mol. The van der Waals surface area contributed by atoms with E-state index >= 15 is 0 Å². The Kier molecular flexibility index (Phi) is 4.24. The number of hydrogen-bond acceptors (Lipinski definition) is 2. The molecule has 126 valence electrons. The van der Waals surface area contributed by atoms with Crippen LogP contribution in [0.3, 0.4) is 0 Å².